The molecule has 1 aromatic carbocycles. The molecule has 0 radical (unpaired) electrons. The number of carboxylic acids is 1. The average Bonchev–Trinajstić information content (AvgIpc) is 3.30. The summed E-state index contributed by atoms with van der Waals surface area (Å²) >= 11 is 0. The van der Waals surface area contributed by atoms with Gasteiger partial charge in [-0.25, -0.2) is 13.6 Å². The maximum absolute atomic E-state index is 12.1. The van der Waals surface area contributed by atoms with Crippen LogP contribution in [0.3, 0.4) is 0 Å². The third-order valence-electron chi connectivity index (χ3n) is 5.43. The molecule has 1 aliphatic carbocycles. The zero-order chi connectivity index (χ0) is 20.6. The van der Waals surface area contributed by atoms with Gasteiger partial charge in [0.15, 0.2) is 0 Å². The Bertz CT molecular complexity index is 845. The summed E-state index contributed by atoms with van der Waals surface area (Å²) in [6, 6.07) is 7.99. The number of aromatic nitrogens is 2. The first-order valence-electron chi connectivity index (χ1n) is 10.4. The zero-order valence-electron chi connectivity index (χ0n) is 16.6. The van der Waals surface area contributed by atoms with Gasteiger partial charge >= 0.3 is 5.97 Å². The topological polar surface area (TPSA) is 55.1 Å². The summed E-state index contributed by atoms with van der Waals surface area (Å²) in [4.78, 5) is 11.7. The molecule has 0 bridgehead atoms. The number of halogens is 2. The highest BCUT2D eigenvalue weighted by molar-refractivity contribution is 5.88. The molecule has 0 amide bonds. The van der Waals surface area contributed by atoms with Crippen molar-refractivity contribution in [3.63, 3.8) is 0 Å². The lowest BCUT2D eigenvalue weighted by molar-refractivity contribution is 0.0695. The Labute approximate surface area is 170 Å². The lowest BCUT2D eigenvalue weighted by Gasteiger charge is -2.11. The third-order valence-corrected chi connectivity index (χ3v) is 5.43. The Kier molecular flexibility index (Phi) is 7.55. The fourth-order valence-electron chi connectivity index (χ4n) is 3.87. The maximum Gasteiger partial charge on any atom is 0.339 e. The Morgan fingerprint density at radius 3 is 2.48 bits per heavy atom. The molecular weight excluding hydrogens is 374 g/mol. The van der Waals surface area contributed by atoms with E-state index in [1.54, 1.807) is 10.9 Å². The quantitative estimate of drug-likeness (QED) is 0.435. The minimum absolute atomic E-state index is 0.00127. The van der Waals surface area contributed by atoms with Gasteiger partial charge in [-0.1, -0.05) is 68.5 Å². The number of carboxylic acid groups (broad SMARTS) is 1. The Morgan fingerprint density at radius 2 is 1.76 bits per heavy atom. The lowest BCUT2D eigenvalue weighted by atomic mass is 10.1. The van der Waals surface area contributed by atoms with Crippen molar-refractivity contribution in [2.24, 2.45) is 0 Å². The molecule has 3 rings (SSSR count). The van der Waals surface area contributed by atoms with E-state index in [-0.39, 0.29) is 18.0 Å². The predicted molar refractivity (Wildman–Crippen MR) is 109 cm³/mol. The van der Waals surface area contributed by atoms with E-state index in [1.807, 2.05) is 36.4 Å². The van der Waals surface area contributed by atoms with Crippen molar-refractivity contribution < 1.29 is 18.7 Å². The molecule has 0 spiro atoms. The van der Waals surface area contributed by atoms with Crippen LogP contribution < -0.4 is 0 Å². The van der Waals surface area contributed by atoms with Crippen molar-refractivity contribution in [3.8, 4) is 0 Å². The Balaban J connectivity index is 1.49. The number of fused-ring (bicyclic) bond motifs is 1. The highest BCUT2D eigenvalue weighted by atomic mass is 19.3. The van der Waals surface area contributed by atoms with E-state index >= 15 is 0 Å². The summed E-state index contributed by atoms with van der Waals surface area (Å²) in [6.07, 6.45) is 10.6. The number of rotatable bonds is 12. The molecule has 1 atom stereocenters. The van der Waals surface area contributed by atoms with Crippen molar-refractivity contribution in [2.45, 2.75) is 70.3 Å². The molecule has 0 fully saturated rings. The van der Waals surface area contributed by atoms with E-state index in [0.29, 0.717) is 18.5 Å². The monoisotopic (exact) mass is 402 g/mol. The van der Waals surface area contributed by atoms with E-state index in [9.17, 15) is 18.7 Å². The smallest absolute Gasteiger partial charge is 0.339 e. The summed E-state index contributed by atoms with van der Waals surface area (Å²) < 4.78 is 25.9. The molecular formula is C23H28F2N2O2. The summed E-state index contributed by atoms with van der Waals surface area (Å²) in [6.45, 7) is 0. The number of hydrogen-bond donors (Lipinski definition) is 1. The molecule has 6 heteroatoms. The van der Waals surface area contributed by atoms with Crippen molar-refractivity contribution in [3.05, 3.63) is 58.9 Å². The minimum atomic E-state index is -2.19. The zero-order valence-corrected chi connectivity index (χ0v) is 16.6. The van der Waals surface area contributed by atoms with E-state index in [4.69, 9.17) is 0 Å². The summed E-state index contributed by atoms with van der Waals surface area (Å²) in [5.41, 5.74) is 3.17. The molecule has 29 heavy (non-hydrogen) atoms. The molecule has 1 aromatic heterocycles. The van der Waals surface area contributed by atoms with Crippen LogP contribution in [0, 0.1) is 0 Å². The molecule has 0 saturated carbocycles. The fraction of sp³-hybridized carbons (Fsp3) is 0.478. The molecule has 1 unspecified atom stereocenters. The van der Waals surface area contributed by atoms with Gasteiger partial charge in [0.05, 0.1) is 11.7 Å². The number of hydrogen-bond acceptors (Lipinski definition) is 2. The Hall–Kier alpha value is -2.50. The molecule has 156 valence electrons. The van der Waals surface area contributed by atoms with E-state index < -0.39 is 12.4 Å². The molecule has 0 aliphatic heterocycles. The van der Waals surface area contributed by atoms with Gasteiger partial charge in [-0.05, 0) is 30.4 Å². The summed E-state index contributed by atoms with van der Waals surface area (Å²) in [5.74, 6) is -0.944. The first-order chi connectivity index (χ1) is 14.1. The number of carbonyl (C=O) groups is 1. The first kappa shape index (κ1) is 21.2. The first-order valence-corrected chi connectivity index (χ1v) is 10.4. The van der Waals surface area contributed by atoms with Crippen LogP contribution in [-0.4, -0.2) is 27.3 Å². The molecule has 1 aliphatic rings. The minimum Gasteiger partial charge on any atom is -0.478 e. The van der Waals surface area contributed by atoms with Crippen LogP contribution in [0.15, 0.2) is 36.5 Å². The van der Waals surface area contributed by atoms with Gasteiger partial charge in [-0.3, -0.25) is 4.68 Å². The summed E-state index contributed by atoms with van der Waals surface area (Å²) in [5, 5.41) is 14.2. The van der Waals surface area contributed by atoms with Gasteiger partial charge in [0.25, 0.3) is 0 Å². The number of alkyl halides is 2. The number of aromatic carboxylic acids is 1. The predicted octanol–water partition coefficient (Wildman–Crippen LogP) is 6.13. The van der Waals surface area contributed by atoms with E-state index in [2.05, 4.69) is 5.10 Å². The van der Waals surface area contributed by atoms with Gasteiger partial charge in [-0.2, -0.15) is 5.10 Å². The van der Waals surface area contributed by atoms with E-state index in [0.717, 1.165) is 49.7 Å². The number of unbranched alkanes of at least 4 members (excludes halogenated alkanes) is 6. The van der Waals surface area contributed by atoms with Gasteiger partial charge < -0.3 is 5.11 Å². The third kappa shape index (κ3) is 5.75. The van der Waals surface area contributed by atoms with Crippen molar-refractivity contribution >= 4 is 12.0 Å². The highest BCUT2D eigenvalue weighted by Gasteiger charge is 2.23. The largest absolute Gasteiger partial charge is 0.478 e. The SMILES string of the molecule is O=C(O)c1cn(C2C=Cc3ccccc32)nc1CCCCCCCCCC(F)F. The van der Waals surface area contributed by atoms with Crippen LogP contribution in [0.1, 0.15) is 84.6 Å². The number of allylic oxidation sites excluding steroid dienone is 1. The molecule has 4 nitrogen and oxygen atoms in total. The number of aryl methyl sites for hydroxylation is 1. The van der Waals surface area contributed by atoms with E-state index in [1.165, 1.54) is 0 Å². The molecule has 2 aromatic rings. The van der Waals surface area contributed by atoms with Crippen LogP contribution in [0.4, 0.5) is 8.78 Å². The molecule has 1 heterocycles. The second-order valence-corrected chi connectivity index (χ2v) is 7.61. The number of benzene rings is 1. The van der Waals surface area contributed by atoms with Gasteiger partial charge in [0, 0.05) is 12.6 Å². The normalized spacial score (nSPS) is 15.2. The van der Waals surface area contributed by atoms with Crippen LogP contribution in [-0.2, 0) is 6.42 Å². The standard InChI is InChI=1S/C23H28F2N2O2/c24-22(25)13-7-5-3-1-2-4-6-12-20-19(23(28)29)16-27(26-20)21-15-14-17-10-8-9-11-18(17)21/h8-11,14-16,21-22H,1-7,12-13H2,(H,28,29). The molecule has 1 N–H and O–H groups in total. The number of nitrogens with zero attached hydrogens (tertiary/aromatic N) is 2. The highest BCUT2D eigenvalue weighted by Crippen LogP contribution is 2.31. The van der Waals surface area contributed by atoms with Gasteiger partial charge in [-0.15, -0.1) is 0 Å². The van der Waals surface area contributed by atoms with Gasteiger partial charge in [0.2, 0.25) is 6.43 Å². The van der Waals surface area contributed by atoms with Crippen molar-refractivity contribution in [1.82, 2.24) is 9.78 Å². The second-order valence-electron chi connectivity index (χ2n) is 7.61. The maximum atomic E-state index is 12.1. The molecule has 0 saturated heterocycles. The lowest BCUT2D eigenvalue weighted by Crippen LogP contribution is -2.07. The van der Waals surface area contributed by atoms with Crippen molar-refractivity contribution in [2.75, 3.05) is 0 Å². The van der Waals surface area contributed by atoms with Crippen LogP contribution in [0.2, 0.25) is 0 Å². The fourth-order valence-corrected chi connectivity index (χ4v) is 3.87. The van der Waals surface area contributed by atoms with Crippen LogP contribution in [0.25, 0.3) is 6.08 Å². The second kappa shape index (κ2) is 10.3. The van der Waals surface area contributed by atoms with Crippen LogP contribution >= 0.6 is 0 Å². The van der Waals surface area contributed by atoms with Crippen LogP contribution in [0.5, 0.6) is 0 Å². The Morgan fingerprint density at radius 1 is 1.07 bits per heavy atom. The van der Waals surface area contributed by atoms with Crippen molar-refractivity contribution in [1.29, 1.82) is 0 Å². The average molecular weight is 402 g/mol. The summed E-state index contributed by atoms with van der Waals surface area (Å²) in [7, 11) is 0. The van der Waals surface area contributed by atoms with Gasteiger partial charge in [0.1, 0.15) is 5.56 Å².